The van der Waals surface area contributed by atoms with Crippen molar-refractivity contribution < 1.29 is 4.79 Å². The summed E-state index contributed by atoms with van der Waals surface area (Å²) in [6, 6.07) is 10.3. The first-order valence-electron chi connectivity index (χ1n) is 8.78. The molecule has 1 atom stereocenters. The zero-order valence-electron chi connectivity index (χ0n) is 15.4. The van der Waals surface area contributed by atoms with E-state index in [2.05, 4.69) is 44.2 Å². The fraction of sp³-hybridized carbons (Fsp3) is 0.571. The first-order chi connectivity index (χ1) is 11.2. The zero-order valence-corrected chi connectivity index (χ0v) is 15.4. The van der Waals surface area contributed by atoms with Gasteiger partial charge in [0.1, 0.15) is 0 Å². The lowest BCUT2D eigenvalue weighted by molar-refractivity contribution is -0.122. The molecule has 0 saturated carbocycles. The summed E-state index contributed by atoms with van der Waals surface area (Å²) in [4.78, 5) is 12.6. The molecule has 1 heterocycles. The molecule has 1 aromatic rings. The maximum absolute atomic E-state index is 12.6. The van der Waals surface area contributed by atoms with Crippen LogP contribution in [0.15, 0.2) is 30.3 Å². The number of hydrogen-bond donors (Lipinski definition) is 2. The van der Waals surface area contributed by atoms with Crippen molar-refractivity contribution in [3.05, 3.63) is 35.9 Å². The molecule has 0 spiro atoms. The van der Waals surface area contributed by atoms with Crippen LogP contribution in [0.5, 0.6) is 0 Å². The predicted molar refractivity (Wildman–Crippen MR) is 99.7 cm³/mol. The summed E-state index contributed by atoms with van der Waals surface area (Å²) in [6.07, 6.45) is 8.41. The van der Waals surface area contributed by atoms with E-state index in [1.54, 1.807) is 0 Å². The van der Waals surface area contributed by atoms with Crippen LogP contribution in [0.25, 0.3) is 0 Å². The average Bonchev–Trinajstić information content (AvgIpc) is 2.44. The van der Waals surface area contributed by atoms with Crippen molar-refractivity contribution in [3.8, 4) is 12.3 Å². The van der Waals surface area contributed by atoms with Gasteiger partial charge < -0.3 is 10.6 Å². The van der Waals surface area contributed by atoms with Crippen molar-refractivity contribution in [2.75, 3.05) is 0 Å². The van der Waals surface area contributed by atoms with E-state index in [0.29, 0.717) is 12.8 Å². The number of carbonyl (C=O) groups is 1. The molecule has 0 unspecified atom stereocenters. The van der Waals surface area contributed by atoms with Crippen LogP contribution in [0.3, 0.4) is 0 Å². The topological polar surface area (TPSA) is 41.1 Å². The molecule has 0 bridgehead atoms. The van der Waals surface area contributed by atoms with Crippen LogP contribution in [0.4, 0.5) is 0 Å². The zero-order chi connectivity index (χ0) is 17.8. The number of hydrogen-bond acceptors (Lipinski definition) is 2. The van der Waals surface area contributed by atoms with Gasteiger partial charge in [0.05, 0.1) is 0 Å². The third-order valence-electron chi connectivity index (χ3n) is 4.62. The van der Waals surface area contributed by atoms with Crippen LogP contribution in [0.2, 0.25) is 0 Å². The quantitative estimate of drug-likeness (QED) is 0.812. The Labute approximate surface area is 146 Å². The third-order valence-corrected chi connectivity index (χ3v) is 4.62. The summed E-state index contributed by atoms with van der Waals surface area (Å²) >= 11 is 0. The predicted octanol–water partition coefficient (Wildman–Crippen LogP) is 3.61. The Balaban J connectivity index is 2.00. The molecule has 3 heteroatoms. The van der Waals surface area contributed by atoms with E-state index in [4.69, 9.17) is 6.42 Å². The molecule has 0 aliphatic carbocycles. The normalized spacial score (nSPS) is 20.8. The number of carbonyl (C=O) groups excluding carboxylic acids is 1. The molecule has 1 aliphatic rings. The van der Waals surface area contributed by atoms with Gasteiger partial charge in [0.2, 0.25) is 5.91 Å². The summed E-state index contributed by atoms with van der Waals surface area (Å²) in [5.74, 6) is 2.89. The van der Waals surface area contributed by atoms with E-state index in [9.17, 15) is 4.79 Å². The lowest BCUT2D eigenvalue weighted by Gasteiger charge is -2.46. The highest BCUT2D eigenvalue weighted by atomic mass is 16.1. The molecule has 0 radical (unpaired) electrons. The molecule has 24 heavy (non-hydrogen) atoms. The van der Waals surface area contributed by atoms with E-state index in [-0.39, 0.29) is 28.9 Å². The van der Waals surface area contributed by atoms with E-state index >= 15 is 0 Å². The van der Waals surface area contributed by atoms with Crippen LogP contribution in [0, 0.1) is 12.3 Å². The van der Waals surface area contributed by atoms with Crippen molar-refractivity contribution in [2.45, 2.75) is 76.4 Å². The monoisotopic (exact) mass is 326 g/mol. The Morgan fingerprint density at radius 3 is 2.38 bits per heavy atom. The van der Waals surface area contributed by atoms with E-state index in [1.807, 2.05) is 30.3 Å². The fourth-order valence-electron chi connectivity index (χ4n) is 4.11. The van der Waals surface area contributed by atoms with Gasteiger partial charge in [-0.1, -0.05) is 30.3 Å². The van der Waals surface area contributed by atoms with Crippen molar-refractivity contribution in [2.24, 2.45) is 0 Å². The van der Waals surface area contributed by atoms with Crippen LogP contribution in [-0.4, -0.2) is 23.0 Å². The van der Waals surface area contributed by atoms with Gasteiger partial charge in [0.15, 0.2) is 0 Å². The Morgan fingerprint density at radius 2 is 1.83 bits per heavy atom. The number of nitrogens with one attached hydrogen (secondary N) is 2. The van der Waals surface area contributed by atoms with Gasteiger partial charge >= 0.3 is 0 Å². The highest BCUT2D eigenvalue weighted by Crippen LogP contribution is 2.29. The Morgan fingerprint density at radius 1 is 1.25 bits per heavy atom. The highest BCUT2D eigenvalue weighted by Gasteiger charge is 2.38. The Bertz CT molecular complexity index is 582. The van der Waals surface area contributed by atoms with Crippen molar-refractivity contribution in [3.63, 3.8) is 0 Å². The molecule has 1 aliphatic heterocycles. The molecule has 2 N–H and O–H groups in total. The van der Waals surface area contributed by atoms with Gasteiger partial charge in [0.25, 0.3) is 0 Å². The van der Waals surface area contributed by atoms with Crippen LogP contribution in [-0.2, 0) is 4.79 Å². The standard InChI is InChI=1S/C21H30N2O/c1-6-10-17(16-11-8-7-9-12-16)13-19(24)22-18-14-20(2,3)23-21(4,5)15-18/h1,7-9,11-12,17-18,23H,10,13-15H2,2-5H3,(H,22,24)/t17-/m1/s1. The van der Waals surface area contributed by atoms with E-state index < -0.39 is 0 Å². The highest BCUT2D eigenvalue weighted by molar-refractivity contribution is 5.77. The van der Waals surface area contributed by atoms with Crippen molar-refractivity contribution in [1.29, 1.82) is 0 Å². The second-order valence-corrected chi connectivity index (χ2v) is 8.29. The van der Waals surface area contributed by atoms with Gasteiger partial charge in [0, 0.05) is 35.9 Å². The second kappa shape index (κ2) is 7.40. The Kier molecular flexibility index (Phi) is 5.72. The molecule has 1 fully saturated rings. The largest absolute Gasteiger partial charge is 0.353 e. The maximum atomic E-state index is 12.6. The summed E-state index contributed by atoms with van der Waals surface area (Å²) in [7, 11) is 0. The minimum absolute atomic E-state index is 0.0251. The minimum Gasteiger partial charge on any atom is -0.353 e. The SMILES string of the molecule is C#CC[C@H](CC(=O)NC1CC(C)(C)NC(C)(C)C1)c1ccccc1. The molecule has 3 nitrogen and oxygen atoms in total. The lowest BCUT2D eigenvalue weighted by atomic mass is 9.79. The summed E-state index contributed by atoms with van der Waals surface area (Å²) < 4.78 is 0. The van der Waals surface area contributed by atoms with Crippen LogP contribution >= 0.6 is 0 Å². The van der Waals surface area contributed by atoms with Crippen molar-refractivity contribution >= 4 is 5.91 Å². The molecule has 1 aromatic carbocycles. The molecular formula is C21H30N2O. The molecule has 2 rings (SSSR count). The van der Waals surface area contributed by atoms with Gasteiger partial charge in [-0.05, 0) is 46.1 Å². The van der Waals surface area contributed by atoms with Crippen LogP contribution < -0.4 is 10.6 Å². The van der Waals surface area contributed by atoms with Gasteiger partial charge in [-0.15, -0.1) is 12.3 Å². The molecular weight excluding hydrogens is 296 g/mol. The number of terminal acetylenes is 1. The number of rotatable bonds is 5. The van der Waals surface area contributed by atoms with Gasteiger partial charge in [-0.3, -0.25) is 4.79 Å². The smallest absolute Gasteiger partial charge is 0.220 e. The molecule has 130 valence electrons. The molecule has 1 amide bonds. The molecule has 1 saturated heterocycles. The first-order valence-corrected chi connectivity index (χ1v) is 8.78. The third kappa shape index (κ3) is 5.39. The number of piperidine rings is 1. The first kappa shape index (κ1) is 18.5. The maximum Gasteiger partial charge on any atom is 0.220 e. The Hall–Kier alpha value is -1.79. The molecule has 0 aromatic heterocycles. The number of benzene rings is 1. The average molecular weight is 326 g/mol. The summed E-state index contributed by atoms with van der Waals surface area (Å²) in [6.45, 7) is 8.77. The van der Waals surface area contributed by atoms with E-state index in [1.165, 1.54) is 0 Å². The van der Waals surface area contributed by atoms with Crippen LogP contribution in [0.1, 0.15) is 64.9 Å². The summed E-state index contributed by atoms with van der Waals surface area (Å²) in [5.41, 5.74) is 1.19. The fourth-order valence-corrected chi connectivity index (χ4v) is 4.11. The minimum atomic E-state index is 0.0251. The van der Waals surface area contributed by atoms with E-state index in [0.717, 1.165) is 18.4 Å². The lowest BCUT2D eigenvalue weighted by Crippen LogP contribution is -2.62. The number of amides is 1. The van der Waals surface area contributed by atoms with Crippen molar-refractivity contribution in [1.82, 2.24) is 10.6 Å². The van der Waals surface area contributed by atoms with Gasteiger partial charge in [-0.2, -0.15) is 0 Å². The van der Waals surface area contributed by atoms with Gasteiger partial charge in [-0.25, -0.2) is 0 Å². The second-order valence-electron chi connectivity index (χ2n) is 8.29. The summed E-state index contributed by atoms with van der Waals surface area (Å²) in [5, 5.41) is 6.89.